The fourth-order valence-corrected chi connectivity index (χ4v) is 3.44. The Bertz CT molecular complexity index is 759. The van der Waals surface area contributed by atoms with Gasteiger partial charge >= 0.3 is 0 Å². The number of para-hydroxylation sites is 1. The molecule has 0 radical (unpaired) electrons. The first-order valence-electron chi connectivity index (χ1n) is 5.89. The van der Waals surface area contributed by atoms with Crippen molar-refractivity contribution in [1.82, 2.24) is 14.5 Å². The Labute approximate surface area is 119 Å². The molecule has 3 aromatic rings. The molecule has 6 heteroatoms. The molecule has 0 spiro atoms. The Balaban J connectivity index is 2.28. The average molecular weight is 293 g/mol. The molecular weight excluding hydrogens is 280 g/mol. The average Bonchev–Trinajstić information content (AvgIpc) is 2.91. The van der Waals surface area contributed by atoms with Crippen molar-refractivity contribution in [2.45, 2.75) is 13.5 Å². The molecular formula is C13H13ClN4S. The summed E-state index contributed by atoms with van der Waals surface area (Å²) in [5.41, 5.74) is 8.45. The maximum Gasteiger partial charge on any atom is 0.152 e. The molecule has 0 unspecified atom stereocenters. The van der Waals surface area contributed by atoms with Gasteiger partial charge in [0.25, 0.3) is 0 Å². The number of aromatic nitrogens is 3. The molecule has 0 aliphatic heterocycles. The van der Waals surface area contributed by atoms with Crippen LogP contribution in [-0.2, 0) is 13.6 Å². The molecule has 2 N–H and O–H groups in total. The minimum absolute atomic E-state index is 0.455. The predicted octanol–water partition coefficient (Wildman–Crippen LogP) is 3.12. The summed E-state index contributed by atoms with van der Waals surface area (Å²) in [7, 11) is 1.97. The van der Waals surface area contributed by atoms with E-state index in [-0.39, 0.29) is 0 Å². The molecule has 0 aliphatic carbocycles. The Morgan fingerprint density at radius 2 is 2.16 bits per heavy atom. The van der Waals surface area contributed by atoms with Crippen LogP contribution in [0, 0.1) is 6.92 Å². The molecule has 4 nitrogen and oxygen atoms in total. The molecule has 0 saturated heterocycles. The second kappa shape index (κ2) is 4.59. The van der Waals surface area contributed by atoms with Crippen molar-refractivity contribution in [1.29, 1.82) is 0 Å². The minimum Gasteiger partial charge on any atom is -0.325 e. The summed E-state index contributed by atoms with van der Waals surface area (Å²) in [6.07, 6.45) is 0. The fraction of sp³-hybridized carbons (Fsp3) is 0.231. The van der Waals surface area contributed by atoms with Gasteiger partial charge in [-0.1, -0.05) is 17.7 Å². The van der Waals surface area contributed by atoms with Gasteiger partial charge in [0, 0.05) is 13.6 Å². The van der Waals surface area contributed by atoms with E-state index in [0.717, 1.165) is 32.4 Å². The monoisotopic (exact) mass is 292 g/mol. The lowest BCUT2D eigenvalue weighted by atomic mass is 10.3. The lowest BCUT2D eigenvalue weighted by molar-refractivity contribution is 0.958. The number of nitrogens with zero attached hydrogens (tertiary/aromatic N) is 3. The van der Waals surface area contributed by atoms with Gasteiger partial charge in [-0.25, -0.2) is 9.97 Å². The van der Waals surface area contributed by atoms with E-state index in [1.54, 1.807) is 11.3 Å². The third kappa shape index (κ3) is 1.94. The zero-order chi connectivity index (χ0) is 13.6. The van der Waals surface area contributed by atoms with E-state index in [9.17, 15) is 0 Å². The molecule has 0 atom stereocenters. The molecule has 2 aromatic heterocycles. The van der Waals surface area contributed by atoms with Crippen molar-refractivity contribution in [2.75, 3.05) is 0 Å². The molecule has 0 aliphatic rings. The van der Waals surface area contributed by atoms with Crippen molar-refractivity contribution < 1.29 is 0 Å². The van der Waals surface area contributed by atoms with Crippen LogP contribution in [0.3, 0.4) is 0 Å². The fourth-order valence-electron chi connectivity index (χ4n) is 2.17. The quantitative estimate of drug-likeness (QED) is 0.789. The molecule has 3 rings (SSSR count). The first-order chi connectivity index (χ1) is 9.11. The van der Waals surface area contributed by atoms with Crippen molar-refractivity contribution in [3.63, 3.8) is 0 Å². The van der Waals surface area contributed by atoms with Gasteiger partial charge in [-0.15, -0.1) is 11.3 Å². The number of benzene rings is 1. The van der Waals surface area contributed by atoms with E-state index in [0.29, 0.717) is 11.6 Å². The SMILES string of the molecule is Cc1nc(CN)sc1-c1nc2cccc(Cl)c2n1C. The zero-order valence-electron chi connectivity index (χ0n) is 10.6. The number of thiazole rings is 1. The molecule has 1 aromatic carbocycles. The summed E-state index contributed by atoms with van der Waals surface area (Å²) >= 11 is 7.83. The molecule has 0 saturated carbocycles. The van der Waals surface area contributed by atoms with Crippen molar-refractivity contribution in [3.05, 3.63) is 33.9 Å². The number of halogens is 1. The van der Waals surface area contributed by atoms with Gasteiger partial charge in [0.05, 0.1) is 26.6 Å². The predicted molar refractivity (Wildman–Crippen MR) is 79.5 cm³/mol. The van der Waals surface area contributed by atoms with Crippen molar-refractivity contribution >= 4 is 34.0 Å². The second-order valence-electron chi connectivity index (χ2n) is 4.33. The van der Waals surface area contributed by atoms with Crippen LogP contribution < -0.4 is 5.73 Å². The normalized spacial score (nSPS) is 11.4. The zero-order valence-corrected chi connectivity index (χ0v) is 12.2. The summed E-state index contributed by atoms with van der Waals surface area (Å²) < 4.78 is 2.01. The van der Waals surface area contributed by atoms with Gasteiger partial charge in [0.15, 0.2) is 5.82 Å². The maximum absolute atomic E-state index is 6.24. The third-order valence-electron chi connectivity index (χ3n) is 3.06. The number of imidazole rings is 1. The summed E-state index contributed by atoms with van der Waals surface area (Å²) in [5, 5.41) is 1.63. The Morgan fingerprint density at radius 3 is 2.79 bits per heavy atom. The van der Waals surface area contributed by atoms with Gasteiger partial charge < -0.3 is 10.3 Å². The number of hydrogen-bond donors (Lipinski definition) is 1. The van der Waals surface area contributed by atoms with Crippen molar-refractivity contribution in [3.8, 4) is 10.7 Å². The van der Waals surface area contributed by atoms with Crippen LogP contribution in [0.5, 0.6) is 0 Å². The molecule has 0 amide bonds. The summed E-state index contributed by atoms with van der Waals surface area (Å²) in [6, 6.07) is 5.75. The standard InChI is InChI=1S/C13H13ClN4S/c1-7-12(19-10(6-15)16-7)13-17-9-5-3-4-8(14)11(9)18(13)2/h3-5H,6,15H2,1-2H3. The van der Waals surface area contributed by atoms with Crippen LogP contribution in [0.1, 0.15) is 10.7 Å². The molecule has 19 heavy (non-hydrogen) atoms. The number of nitrogens with two attached hydrogens (primary N) is 1. The van der Waals surface area contributed by atoms with Crippen LogP contribution in [0.2, 0.25) is 5.02 Å². The molecule has 0 fully saturated rings. The number of aryl methyl sites for hydroxylation is 2. The number of fused-ring (bicyclic) bond motifs is 1. The lowest BCUT2D eigenvalue weighted by Gasteiger charge is -2.01. The maximum atomic E-state index is 6.24. The highest BCUT2D eigenvalue weighted by Gasteiger charge is 2.17. The van der Waals surface area contributed by atoms with Gasteiger partial charge in [-0.05, 0) is 19.1 Å². The highest BCUT2D eigenvalue weighted by Crippen LogP contribution is 2.33. The highest BCUT2D eigenvalue weighted by molar-refractivity contribution is 7.15. The van der Waals surface area contributed by atoms with Crippen LogP contribution in [-0.4, -0.2) is 14.5 Å². The Hall–Kier alpha value is -1.43. The largest absolute Gasteiger partial charge is 0.325 e. The van der Waals surface area contributed by atoms with Crippen LogP contribution in [0.4, 0.5) is 0 Å². The first-order valence-corrected chi connectivity index (χ1v) is 7.09. The van der Waals surface area contributed by atoms with Gasteiger partial charge in [0.2, 0.25) is 0 Å². The van der Waals surface area contributed by atoms with Crippen LogP contribution in [0.25, 0.3) is 21.7 Å². The topological polar surface area (TPSA) is 56.7 Å². The van der Waals surface area contributed by atoms with Gasteiger partial charge in [-0.3, -0.25) is 0 Å². The molecule has 0 bridgehead atoms. The van der Waals surface area contributed by atoms with E-state index < -0.39 is 0 Å². The third-order valence-corrected chi connectivity index (χ3v) is 4.54. The second-order valence-corrected chi connectivity index (χ2v) is 5.82. The number of rotatable bonds is 2. The van der Waals surface area contributed by atoms with E-state index in [2.05, 4.69) is 9.97 Å². The Kier molecular flexibility index (Phi) is 3.05. The van der Waals surface area contributed by atoms with E-state index in [1.807, 2.05) is 36.7 Å². The first kappa shape index (κ1) is 12.6. The van der Waals surface area contributed by atoms with Gasteiger partial charge in [0.1, 0.15) is 5.01 Å². The summed E-state index contributed by atoms with van der Waals surface area (Å²) in [4.78, 5) is 10.2. The van der Waals surface area contributed by atoms with E-state index in [1.165, 1.54) is 0 Å². The smallest absolute Gasteiger partial charge is 0.152 e. The molecule has 98 valence electrons. The minimum atomic E-state index is 0.455. The molecule has 2 heterocycles. The van der Waals surface area contributed by atoms with Crippen LogP contribution in [0.15, 0.2) is 18.2 Å². The van der Waals surface area contributed by atoms with Gasteiger partial charge in [-0.2, -0.15) is 0 Å². The van der Waals surface area contributed by atoms with Crippen LogP contribution >= 0.6 is 22.9 Å². The summed E-state index contributed by atoms with van der Waals surface area (Å²) in [5.74, 6) is 0.887. The van der Waals surface area contributed by atoms with Crippen molar-refractivity contribution in [2.24, 2.45) is 12.8 Å². The highest BCUT2D eigenvalue weighted by atomic mass is 35.5. The number of hydrogen-bond acceptors (Lipinski definition) is 4. The van der Waals surface area contributed by atoms with E-state index in [4.69, 9.17) is 17.3 Å². The lowest BCUT2D eigenvalue weighted by Crippen LogP contribution is -1.94. The summed E-state index contributed by atoms with van der Waals surface area (Å²) in [6.45, 7) is 2.43. The van der Waals surface area contributed by atoms with E-state index >= 15 is 0 Å². The Morgan fingerprint density at radius 1 is 1.37 bits per heavy atom.